The van der Waals surface area contributed by atoms with Crippen LogP contribution in [0, 0.1) is 0 Å². The molecule has 0 unspecified atom stereocenters. The Labute approximate surface area is 122 Å². The number of aromatic amines is 1. The van der Waals surface area contributed by atoms with Crippen LogP contribution in [0.25, 0.3) is 10.9 Å². The number of carbonyl (C=O) groups is 1. The van der Waals surface area contributed by atoms with E-state index >= 15 is 0 Å². The third-order valence-corrected chi connectivity index (χ3v) is 3.53. The molecule has 1 aromatic heterocycles. The number of H-pyrrole nitrogens is 1. The number of ketones is 1. The van der Waals surface area contributed by atoms with Gasteiger partial charge in [0.25, 0.3) is 0 Å². The number of rotatable bonds is 4. The van der Waals surface area contributed by atoms with Crippen molar-refractivity contribution in [1.29, 1.82) is 0 Å². The highest BCUT2D eigenvalue weighted by Crippen LogP contribution is 2.23. The molecule has 0 saturated carbocycles. The fourth-order valence-electron chi connectivity index (χ4n) is 2.35. The minimum Gasteiger partial charge on any atom is -0.497 e. The summed E-state index contributed by atoms with van der Waals surface area (Å²) in [4.78, 5) is 15.7. The van der Waals surface area contributed by atoms with Crippen LogP contribution in [0.4, 0.5) is 0 Å². The lowest BCUT2D eigenvalue weighted by atomic mass is 10.0. The van der Waals surface area contributed by atoms with Gasteiger partial charge in [0.05, 0.1) is 13.7 Å². The molecular weight excluding hydrogens is 266 g/mol. The first kappa shape index (κ1) is 13.4. The first-order valence-electron chi connectivity index (χ1n) is 6.62. The summed E-state index contributed by atoms with van der Waals surface area (Å²) < 4.78 is 5.09. The molecule has 0 amide bonds. The Morgan fingerprint density at radius 2 is 1.95 bits per heavy atom. The predicted octanol–water partition coefficient (Wildman–Crippen LogP) is 2.90. The van der Waals surface area contributed by atoms with Gasteiger partial charge in [0, 0.05) is 28.2 Å². The van der Waals surface area contributed by atoms with Crippen LogP contribution in [0.1, 0.15) is 21.5 Å². The maximum atomic E-state index is 12.6. The van der Waals surface area contributed by atoms with Gasteiger partial charge in [0.15, 0.2) is 5.78 Å². The summed E-state index contributed by atoms with van der Waals surface area (Å²) in [5, 5.41) is 10.1. The van der Waals surface area contributed by atoms with Crippen LogP contribution in [-0.2, 0) is 6.61 Å². The van der Waals surface area contributed by atoms with Crippen molar-refractivity contribution in [3.05, 3.63) is 65.4 Å². The summed E-state index contributed by atoms with van der Waals surface area (Å²) >= 11 is 0. The third-order valence-electron chi connectivity index (χ3n) is 3.53. The van der Waals surface area contributed by atoms with E-state index in [1.54, 1.807) is 37.6 Å². The standard InChI is InChI=1S/C17H15NO3/c1-21-13-5-3-12(4-6-13)17(20)15-9-18-16-7-2-11(10-19)8-14(15)16/h2-9,18-19H,10H2,1H3. The van der Waals surface area contributed by atoms with Crippen LogP contribution in [0.15, 0.2) is 48.7 Å². The van der Waals surface area contributed by atoms with Crippen molar-refractivity contribution in [2.45, 2.75) is 6.61 Å². The van der Waals surface area contributed by atoms with Gasteiger partial charge in [0.2, 0.25) is 0 Å². The third kappa shape index (κ3) is 2.41. The van der Waals surface area contributed by atoms with Crippen molar-refractivity contribution in [3.63, 3.8) is 0 Å². The highest BCUT2D eigenvalue weighted by atomic mass is 16.5. The van der Waals surface area contributed by atoms with E-state index in [2.05, 4.69) is 4.98 Å². The zero-order valence-electron chi connectivity index (χ0n) is 11.6. The van der Waals surface area contributed by atoms with Gasteiger partial charge in [0.1, 0.15) is 5.75 Å². The number of methoxy groups -OCH3 is 1. The molecule has 3 aromatic rings. The molecule has 106 valence electrons. The lowest BCUT2D eigenvalue weighted by molar-refractivity contribution is 0.104. The first-order chi connectivity index (χ1) is 10.2. The Morgan fingerprint density at radius 1 is 1.19 bits per heavy atom. The van der Waals surface area contributed by atoms with Crippen molar-refractivity contribution < 1.29 is 14.6 Å². The van der Waals surface area contributed by atoms with Crippen LogP contribution in [-0.4, -0.2) is 23.0 Å². The van der Waals surface area contributed by atoms with E-state index in [9.17, 15) is 9.90 Å². The molecule has 3 rings (SSSR count). The number of aliphatic hydroxyl groups is 1. The number of benzene rings is 2. The summed E-state index contributed by atoms with van der Waals surface area (Å²) in [7, 11) is 1.59. The van der Waals surface area contributed by atoms with Crippen molar-refractivity contribution in [2.24, 2.45) is 0 Å². The van der Waals surface area contributed by atoms with Crippen molar-refractivity contribution in [1.82, 2.24) is 4.98 Å². The topological polar surface area (TPSA) is 62.3 Å². The lowest BCUT2D eigenvalue weighted by Gasteiger charge is -2.03. The van der Waals surface area contributed by atoms with Gasteiger partial charge in [-0.3, -0.25) is 4.79 Å². The van der Waals surface area contributed by atoms with Crippen LogP contribution in [0.2, 0.25) is 0 Å². The molecule has 4 heteroatoms. The van der Waals surface area contributed by atoms with Crippen molar-refractivity contribution in [3.8, 4) is 5.75 Å². The highest BCUT2D eigenvalue weighted by molar-refractivity contribution is 6.16. The molecule has 0 aliphatic heterocycles. The summed E-state index contributed by atoms with van der Waals surface area (Å²) in [5.41, 5.74) is 2.87. The van der Waals surface area contributed by atoms with Gasteiger partial charge in [-0.25, -0.2) is 0 Å². The highest BCUT2D eigenvalue weighted by Gasteiger charge is 2.14. The van der Waals surface area contributed by atoms with Gasteiger partial charge in [-0.15, -0.1) is 0 Å². The quantitative estimate of drug-likeness (QED) is 0.723. The molecule has 0 fully saturated rings. The van der Waals surface area contributed by atoms with E-state index in [4.69, 9.17) is 4.74 Å². The first-order valence-corrected chi connectivity index (χ1v) is 6.62. The SMILES string of the molecule is COc1ccc(C(=O)c2c[nH]c3ccc(CO)cc23)cc1. The largest absolute Gasteiger partial charge is 0.497 e. The molecule has 0 spiro atoms. The summed E-state index contributed by atoms with van der Waals surface area (Å²) in [6.07, 6.45) is 1.71. The van der Waals surface area contributed by atoms with E-state index in [1.165, 1.54) is 0 Å². The molecule has 21 heavy (non-hydrogen) atoms. The van der Waals surface area contributed by atoms with Crippen molar-refractivity contribution >= 4 is 16.7 Å². The molecule has 2 N–H and O–H groups in total. The Bertz CT molecular complexity index is 787. The molecule has 2 aromatic carbocycles. The van der Waals surface area contributed by atoms with Crippen LogP contribution in [0.3, 0.4) is 0 Å². The second-order valence-electron chi connectivity index (χ2n) is 4.80. The monoisotopic (exact) mass is 281 g/mol. The molecule has 0 aliphatic carbocycles. The maximum Gasteiger partial charge on any atom is 0.195 e. The Morgan fingerprint density at radius 3 is 2.62 bits per heavy atom. The zero-order chi connectivity index (χ0) is 14.8. The number of aliphatic hydroxyl groups excluding tert-OH is 1. The van der Waals surface area contributed by atoms with E-state index < -0.39 is 0 Å². The zero-order valence-corrected chi connectivity index (χ0v) is 11.6. The average Bonchev–Trinajstić information content (AvgIpc) is 2.97. The van der Waals surface area contributed by atoms with Gasteiger partial charge in [-0.2, -0.15) is 0 Å². The molecule has 0 saturated heterocycles. The number of fused-ring (bicyclic) bond motifs is 1. The van der Waals surface area contributed by atoms with Gasteiger partial charge >= 0.3 is 0 Å². The molecular formula is C17H15NO3. The lowest BCUT2D eigenvalue weighted by Crippen LogP contribution is -2.00. The van der Waals surface area contributed by atoms with E-state index in [0.29, 0.717) is 16.9 Å². The van der Waals surface area contributed by atoms with Crippen molar-refractivity contribution in [2.75, 3.05) is 7.11 Å². The van der Waals surface area contributed by atoms with Crippen LogP contribution >= 0.6 is 0 Å². The molecule has 0 bridgehead atoms. The summed E-state index contributed by atoms with van der Waals surface area (Å²) in [5.74, 6) is 0.659. The number of hydrogen-bond donors (Lipinski definition) is 2. The van der Waals surface area contributed by atoms with E-state index in [-0.39, 0.29) is 12.4 Å². The molecule has 0 atom stereocenters. The van der Waals surface area contributed by atoms with Crippen LogP contribution < -0.4 is 4.74 Å². The normalized spacial score (nSPS) is 10.8. The van der Waals surface area contributed by atoms with Gasteiger partial charge in [-0.05, 0) is 42.0 Å². The van der Waals surface area contributed by atoms with E-state index in [1.807, 2.05) is 18.2 Å². The molecule has 4 nitrogen and oxygen atoms in total. The summed E-state index contributed by atoms with van der Waals surface area (Å²) in [6, 6.07) is 12.6. The number of ether oxygens (including phenoxy) is 1. The fraction of sp³-hybridized carbons (Fsp3) is 0.118. The van der Waals surface area contributed by atoms with E-state index in [0.717, 1.165) is 16.5 Å². The minimum atomic E-state index is -0.0565. The molecule has 1 heterocycles. The number of nitrogens with one attached hydrogen (secondary N) is 1. The Kier molecular flexibility index (Phi) is 3.46. The predicted molar refractivity (Wildman–Crippen MR) is 80.6 cm³/mol. The summed E-state index contributed by atoms with van der Waals surface area (Å²) in [6.45, 7) is -0.0444. The van der Waals surface area contributed by atoms with Crippen LogP contribution in [0.5, 0.6) is 5.75 Å². The fourth-order valence-corrected chi connectivity index (χ4v) is 2.35. The second kappa shape index (κ2) is 5.42. The smallest absolute Gasteiger partial charge is 0.195 e. The Hall–Kier alpha value is -2.59. The number of hydrogen-bond acceptors (Lipinski definition) is 3. The molecule has 0 radical (unpaired) electrons. The second-order valence-corrected chi connectivity index (χ2v) is 4.80. The minimum absolute atomic E-state index is 0.0444. The van der Waals surface area contributed by atoms with Gasteiger partial charge in [-0.1, -0.05) is 6.07 Å². The Balaban J connectivity index is 2.04. The molecule has 0 aliphatic rings. The maximum absolute atomic E-state index is 12.6. The average molecular weight is 281 g/mol. The van der Waals surface area contributed by atoms with Gasteiger partial charge < -0.3 is 14.8 Å². The number of carbonyl (C=O) groups excluding carboxylic acids is 1. The number of aromatic nitrogens is 1.